The second kappa shape index (κ2) is 9.75. The van der Waals surface area contributed by atoms with Crippen LogP contribution in [0.25, 0.3) is 35.6 Å². The van der Waals surface area contributed by atoms with Crippen LogP contribution in [0.4, 0.5) is 0 Å². The van der Waals surface area contributed by atoms with Crippen molar-refractivity contribution in [3.8, 4) is 0 Å². The zero-order chi connectivity index (χ0) is 29.3. The van der Waals surface area contributed by atoms with Gasteiger partial charge in [-0.3, -0.25) is 4.79 Å². The molecule has 7 nitrogen and oxygen atoms in total. The van der Waals surface area contributed by atoms with Crippen molar-refractivity contribution >= 4 is 41.6 Å². The number of hydrogen-bond donors (Lipinski definition) is 6. The number of carboxylic acid groups (broad SMARTS) is 1. The van der Waals surface area contributed by atoms with Crippen LogP contribution in [0.5, 0.6) is 0 Å². The lowest BCUT2D eigenvalue weighted by Crippen LogP contribution is -2.37. The van der Waals surface area contributed by atoms with Gasteiger partial charge in [-0.2, -0.15) is 0 Å². The SMILES string of the molecule is C=Cc1c2[nH]c(c1C)/C=C1\NC(C3=c4[nH]c(c(C)c4=C(O)[C@@H]3C(=O)O)/C=c3\[nH]/c(c(C)c3CC)=C\2)[C@@H](CCC)[C@@H]1C. The number of nitrogens with one attached hydrogen (secondary N) is 4. The van der Waals surface area contributed by atoms with Gasteiger partial charge in [0.2, 0.25) is 0 Å². The summed E-state index contributed by atoms with van der Waals surface area (Å²) in [5, 5.41) is 28.9. The Hall–Kier alpha value is -4.13. The molecule has 4 atom stereocenters. The summed E-state index contributed by atoms with van der Waals surface area (Å²) in [6.45, 7) is 16.9. The molecule has 0 aromatic carbocycles. The van der Waals surface area contributed by atoms with Gasteiger partial charge in [-0.05, 0) is 85.6 Å². The molecule has 1 fully saturated rings. The maximum absolute atomic E-state index is 12.7. The summed E-state index contributed by atoms with van der Waals surface area (Å²) >= 11 is 0. The quantitative estimate of drug-likeness (QED) is 0.291. The third-order valence-electron chi connectivity index (χ3n) is 9.76. The summed E-state index contributed by atoms with van der Waals surface area (Å²) in [5.41, 5.74) is 10.1. The van der Waals surface area contributed by atoms with Gasteiger partial charge in [0.1, 0.15) is 11.7 Å². The molecule has 7 heteroatoms. The van der Waals surface area contributed by atoms with Crippen LogP contribution >= 0.6 is 0 Å². The molecule has 0 amide bonds. The van der Waals surface area contributed by atoms with Crippen LogP contribution in [0.3, 0.4) is 0 Å². The number of aromatic nitrogens is 3. The van der Waals surface area contributed by atoms with Crippen molar-refractivity contribution in [3.05, 3.63) is 78.4 Å². The van der Waals surface area contributed by atoms with E-state index in [1.165, 1.54) is 11.1 Å². The van der Waals surface area contributed by atoms with Gasteiger partial charge in [-0.15, -0.1) is 0 Å². The van der Waals surface area contributed by atoms with Crippen LogP contribution in [-0.4, -0.2) is 37.2 Å². The largest absolute Gasteiger partial charge is 0.510 e. The molecule has 0 spiro atoms. The number of carbonyl (C=O) groups is 1. The summed E-state index contributed by atoms with van der Waals surface area (Å²) in [5.74, 6) is -1.84. The van der Waals surface area contributed by atoms with E-state index in [1.54, 1.807) is 0 Å². The topological polar surface area (TPSA) is 117 Å². The van der Waals surface area contributed by atoms with Gasteiger partial charge < -0.3 is 30.5 Å². The highest BCUT2D eigenvalue weighted by Crippen LogP contribution is 2.42. The molecule has 3 aromatic heterocycles. The number of aliphatic hydroxyl groups excluding tert-OH is 1. The van der Waals surface area contributed by atoms with Crippen molar-refractivity contribution in [2.75, 3.05) is 0 Å². The Labute approximate surface area is 239 Å². The smallest absolute Gasteiger partial charge is 0.318 e. The molecule has 0 radical (unpaired) electrons. The van der Waals surface area contributed by atoms with Crippen molar-refractivity contribution in [2.45, 2.75) is 66.8 Å². The molecule has 1 aliphatic carbocycles. The molecule has 3 aliphatic rings. The van der Waals surface area contributed by atoms with Gasteiger partial charge in [-0.1, -0.05) is 39.8 Å². The number of fused-ring (bicyclic) bond motifs is 8. The second-order valence-electron chi connectivity index (χ2n) is 11.9. The van der Waals surface area contributed by atoms with Gasteiger partial charge in [-0.25, -0.2) is 0 Å². The normalized spacial score (nSPS) is 25.7. The lowest BCUT2D eigenvalue weighted by molar-refractivity contribution is -0.138. The average Bonchev–Trinajstić information content (AvgIpc) is 3.66. The minimum Gasteiger partial charge on any atom is -0.510 e. The third kappa shape index (κ3) is 3.89. The molecule has 0 saturated carbocycles. The number of allylic oxidation sites excluding steroid dienone is 1. The summed E-state index contributed by atoms with van der Waals surface area (Å²) in [6, 6.07) is -0.231. The Kier molecular flexibility index (Phi) is 6.44. The Balaban J connectivity index is 1.76. The van der Waals surface area contributed by atoms with Gasteiger partial charge in [0.05, 0.1) is 11.4 Å². The molecule has 1 saturated heterocycles. The highest BCUT2D eigenvalue weighted by molar-refractivity contribution is 5.94. The lowest BCUT2D eigenvalue weighted by Gasteiger charge is -2.25. The van der Waals surface area contributed by atoms with Gasteiger partial charge in [0.25, 0.3) is 0 Å². The van der Waals surface area contributed by atoms with Crippen LogP contribution in [0.1, 0.15) is 78.5 Å². The Morgan fingerprint density at radius 1 is 0.976 bits per heavy atom. The first-order valence-corrected chi connectivity index (χ1v) is 14.7. The van der Waals surface area contributed by atoms with Crippen molar-refractivity contribution in [1.82, 2.24) is 20.3 Å². The highest BCUT2D eigenvalue weighted by Gasteiger charge is 2.46. The van der Waals surface area contributed by atoms with E-state index < -0.39 is 11.9 Å². The number of aliphatic carboxylic acids is 1. The van der Waals surface area contributed by atoms with Crippen molar-refractivity contribution in [2.24, 2.45) is 17.8 Å². The lowest BCUT2D eigenvalue weighted by atomic mass is 9.80. The van der Waals surface area contributed by atoms with Crippen molar-refractivity contribution in [3.63, 3.8) is 0 Å². The first-order valence-electron chi connectivity index (χ1n) is 14.7. The predicted molar refractivity (Wildman–Crippen MR) is 165 cm³/mol. The molecule has 6 N–H and O–H groups in total. The second-order valence-corrected chi connectivity index (χ2v) is 11.9. The van der Waals surface area contributed by atoms with E-state index in [4.69, 9.17) is 0 Å². The minimum absolute atomic E-state index is 0.0768. The monoisotopic (exact) mass is 552 g/mol. The van der Waals surface area contributed by atoms with Crippen LogP contribution in [0.2, 0.25) is 0 Å². The van der Waals surface area contributed by atoms with E-state index in [-0.39, 0.29) is 23.6 Å². The van der Waals surface area contributed by atoms with Crippen LogP contribution in [-0.2, 0) is 11.2 Å². The van der Waals surface area contributed by atoms with Crippen LogP contribution in [0.15, 0.2) is 12.3 Å². The van der Waals surface area contributed by atoms with E-state index in [0.717, 1.165) is 80.4 Å². The van der Waals surface area contributed by atoms with E-state index in [2.05, 4.69) is 79.7 Å². The number of hydrogen-bond acceptors (Lipinski definition) is 3. The first kappa shape index (κ1) is 27.1. The number of aliphatic hydroxyl groups is 1. The van der Waals surface area contributed by atoms with Crippen LogP contribution in [0, 0.1) is 38.5 Å². The summed E-state index contributed by atoms with van der Waals surface area (Å²) < 4.78 is 0. The van der Waals surface area contributed by atoms with E-state index in [9.17, 15) is 15.0 Å². The molecule has 8 bridgehead atoms. The summed E-state index contributed by atoms with van der Waals surface area (Å²) in [6.07, 6.45) is 11.1. The Morgan fingerprint density at radius 2 is 1.68 bits per heavy atom. The Morgan fingerprint density at radius 3 is 2.34 bits per heavy atom. The van der Waals surface area contributed by atoms with E-state index in [1.807, 2.05) is 13.0 Å². The number of aromatic amines is 3. The molecular formula is C34H40N4O3. The predicted octanol–water partition coefficient (Wildman–Crippen LogP) is 3.37. The fourth-order valence-electron chi connectivity index (χ4n) is 7.50. The molecule has 41 heavy (non-hydrogen) atoms. The number of rotatable bonds is 5. The molecule has 3 aromatic rings. The van der Waals surface area contributed by atoms with Crippen LogP contribution < -0.4 is 26.6 Å². The summed E-state index contributed by atoms with van der Waals surface area (Å²) in [4.78, 5) is 23.5. The zero-order valence-corrected chi connectivity index (χ0v) is 24.7. The third-order valence-corrected chi connectivity index (χ3v) is 9.76. The number of carboxylic acids is 1. The fraction of sp³-hybridized carbons (Fsp3) is 0.382. The van der Waals surface area contributed by atoms with Crippen molar-refractivity contribution in [1.29, 1.82) is 0 Å². The standard InChI is InChI=1S/C34H40N4O3/c1-8-11-21-17(6)24-12-22-15(4)19(9-2)26(35-22)13-23-16(5)20(10-3)27(36-23)14-25-18(7)28-32(38-25)29(31(21)37-24)30(33(28)39)34(40)41/h9,12-14,17,21,30-31,35-39H,2,8,10-11H2,1,3-7H3,(H,40,41)/b23-13-,24-12-,27-14-/t17-,21-,30+,31?/m0/s1. The maximum atomic E-state index is 12.7. The first-order chi connectivity index (χ1) is 19.6. The summed E-state index contributed by atoms with van der Waals surface area (Å²) in [7, 11) is 0. The van der Waals surface area contributed by atoms with Gasteiger partial charge in [0, 0.05) is 50.2 Å². The molecule has 214 valence electrons. The zero-order valence-electron chi connectivity index (χ0n) is 24.7. The Bertz CT molecular complexity index is 1890. The number of H-pyrrole nitrogens is 3. The fourth-order valence-corrected chi connectivity index (χ4v) is 7.50. The molecule has 2 aliphatic heterocycles. The molecular weight excluding hydrogens is 512 g/mol. The minimum atomic E-state index is -1.09. The van der Waals surface area contributed by atoms with Crippen molar-refractivity contribution < 1.29 is 15.0 Å². The molecule has 5 heterocycles. The van der Waals surface area contributed by atoms with E-state index >= 15 is 0 Å². The molecule has 1 unspecified atom stereocenters. The molecule has 6 rings (SSSR count). The highest BCUT2D eigenvalue weighted by atomic mass is 16.4. The maximum Gasteiger partial charge on any atom is 0.318 e. The van der Waals surface area contributed by atoms with E-state index in [0.29, 0.717) is 5.22 Å². The van der Waals surface area contributed by atoms with Gasteiger partial charge in [0.15, 0.2) is 0 Å². The van der Waals surface area contributed by atoms with Gasteiger partial charge >= 0.3 is 5.97 Å². The average molecular weight is 553 g/mol.